The molecule has 0 saturated heterocycles. The fraction of sp³-hybridized carbons (Fsp3) is 0.375. The van der Waals surface area contributed by atoms with Gasteiger partial charge < -0.3 is 9.72 Å². The number of aryl methyl sites for hydroxylation is 3. The third-order valence-corrected chi connectivity index (χ3v) is 3.78. The highest BCUT2D eigenvalue weighted by Crippen LogP contribution is 2.28. The van der Waals surface area contributed by atoms with Gasteiger partial charge >= 0.3 is 5.97 Å². The van der Waals surface area contributed by atoms with Crippen LogP contribution in [0.1, 0.15) is 18.3 Å². The highest BCUT2D eigenvalue weighted by Gasteiger charge is 2.18. The molecule has 0 unspecified atom stereocenters. The van der Waals surface area contributed by atoms with Crippen LogP contribution < -0.4 is 5.56 Å². The quantitative estimate of drug-likeness (QED) is 0.728. The van der Waals surface area contributed by atoms with E-state index in [1.165, 1.54) is 10.7 Å². The topological polar surface area (TPSA) is 94.8 Å². The number of H-pyrrole nitrogens is 1. The lowest BCUT2D eigenvalue weighted by molar-refractivity contribution is -0.143. The van der Waals surface area contributed by atoms with Crippen molar-refractivity contribution in [1.82, 2.24) is 24.5 Å². The summed E-state index contributed by atoms with van der Waals surface area (Å²) in [5.74, 6) is -0.399. The van der Waals surface area contributed by atoms with Crippen molar-refractivity contribution in [1.29, 1.82) is 0 Å². The second-order valence-electron chi connectivity index (χ2n) is 5.61. The van der Waals surface area contributed by atoms with Crippen molar-refractivity contribution in [3.63, 3.8) is 0 Å². The first-order valence-electron chi connectivity index (χ1n) is 7.67. The van der Waals surface area contributed by atoms with Crippen LogP contribution in [0.3, 0.4) is 0 Å². The van der Waals surface area contributed by atoms with E-state index in [0.717, 1.165) is 28.0 Å². The van der Waals surface area contributed by atoms with Crippen LogP contribution in [-0.2, 0) is 23.1 Å². The predicted molar refractivity (Wildman–Crippen MR) is 88.7 cm³/mol. The van der Waals surface area contributed by atoms with Crippen molar-refractivity contribution < 1.29 is 9.53 Å². The number of pyridine rings is 1. The number of ether oxygens (including phenoxy) is 1. The molecule has 3 aromatic heterocycles. The number of carbonyl (C=O) groups excluding carboxylic acids is 1. The number of esters is 1. The van der Waals surface area contributed by atoms with Crippen LogP contribution in [0.2, 0.25) is 0 Å². The van der Waals surface area contributed by atoms with Gasteiger partial charge in [0.25, 0.3) is 0 Å². The first-order valence-corrected chi connectivity index (χ1v) is 7.67. The Hall–Kier alpha value is -2.90. The molecule has 0 saturated carbocycles. The monoisotopic (exact) mass is 329 g/mol. The number of fused-ring (bicyclic) bond motifs is 1. The van der Waals surface area contributed by atoms with E-state index in [4.69, 9.17) is 4.74 Å². The largest absolute Gasteiger partial charge is 0.465 e. The van der Waals surface area contributed by atoms with Crippen LogP contribution in [0.25, 0.3) is 22.3 Å². The SMILES string of the molecule is CCOC(=O)Cn1nc(C)c2c(-c3cc(C)nn3C)cc(=O)[nH]c21. The van der Waals surface area contributed by atoms with E-state index >= 15 is 0 Å². The van der Waals surface area contributed by atoms with Gasteiger partial charge in [-0.2, -0.15) is 10.2 Å². The number of nitrogens with one attached hydrogen (secondary N) is 1. The van der Waals surface area contributed by atoms with Gasteiger partial charge in [-0.3, -0.25) is 14.3 Å². The average Bonchev–Trinajstić information content (AvgIpc) is 2.98. The van der Waals surface area contributed by atoms with Crippen molar-refractivity contribution in [2.75, 3.05) is 6.61 Å². The maximum atomic E-state index is 12.1. The summed E-state index contributed by atoms with van der Waals surface area (Å²) in [5, 5.41) is 9.52. The molecule has 0 fully saturated rings. The van der Waals surface area contributed by atoms with Gasteiger partial charge in [0.2, 0.25) is 5.56 Å². The summed E-state index contributed by atoms with van der Waals surface area (Å²) in [6.07, 6.45) is 0. The Morgan fingerprint density at radius 1 is 1.29 bits per heavy atom. The number of nitrogens with zero attached hydrogens (tertiary/aromatic N) is 4. The zero-order valence-electron chi connectivity index (χ0n) is 14.1. The summed E-state index contributed by atoms with van der Waals surface area (Å²) < 4.78 is 8.16. The van der Waals surface area contributed by atoms with Crippen LogP contribution in [0.4, 0.5) is 0 Å². The van der Waals surface area contributed by atoms with E-state index < -0.39 is 5.97 Å². The maximum Gasteiger partial charge on any atom is 0.327 e. The van der Waals surface area contributed by atoms with Crippen LogP contribution in [-0.4, -0.2) is 37.1 Å². The summed E-state index contributed by atoms with van der Waals surface area (Å²) in [7, 11) is 1.83. The maximum absolute atomic E-state index is 12.1. The normalized spacial score (nSPS) is 11.2. The van der Waals surface area contributed by atoms with E-state index in [9.17, 15) is 9.59 Å². The predicted octanol–water partition coefficient (Wildman–Crippen LogP) is 1.31. The van der Waals surface area contributed by atoms with E-state index in [0.29, 0.717) is 12.3 Å². The van der Waals surface area contributed by atoms with Gasteiger partial charge in [-0.1, -0.05) is 0 Å². The van der Waals surface area contributed by atoms with Gasteiger partial charge in [0, 0.05) is 24.1 Å². The molecule has 1 N–H and O–H groups in total. The van der Waals surface area contributed by atoms with E-state index in [2.05, 4.69) is 15.2 Å². The molecule has 0 radical (unpaired) electrons. The molecule has 0 aliphatic heterocycles. The number of rotatable bonds is 4. The molecule has 0 aromatic carbocycles. The summed E-state index contributed by atoms with van der Waals surface area (Å²) >= 11 is 0. The van der Waals surface area contributed by atoms with Crippen molar-refractivity contribution in [2.24, 2.45) is 7.05 Å². The van der Waals surface area contributed by atoms with Gasteiger partial charge in [0.15, 0.2) is 0 Å². The molecular formula is C16H19N5O3. The first-order chi connectivity index (χ1) is 11.4. The highest BCUT2D eigenvalue weighted by molar-refractivity contribution is 5.94. The van der Waals surface area contributed by atoms with Gasteiger partial charge in [0.1, 0.15) is 12.2 Å². The number of aromatic amines is 1. The Labute approximate surface area is 138 Å². The molecule has 3 rings (SSSR count). The minimum absolute atomic E-state index is 0.0536. The zero-order valence-corrected chi connectivity index (χ0v) is 14.1. The number of aromatic nitrogens is 5. The Kier molecular flexibility index (Phi) is 3.96. The molecule has 3 aromatic rings. The number of carbonyl (C=O) groups is 1. The average molecular weight is 329 g/mol. The van der Waals surface area contributed by atoms with Crippen molar-refractivity contribution >= 4 is 17.0 Å². The van der Waals surface area contributed by atoms with Gasteiger partial charge in [0.05, 0.1) is 23.7 Å². The second kappa shape index (κ2) is 5.95. The Balaban J connectivity index is 2.22. The Morgan fingerprint density at radius 2 is 2.04 bits per heavy atom. The third kappa shape index (κ3) is 2.70. The molecule has 0 aliphatic rings. The molecule has 0 bridgehead atoms. The summed E-state index contributed by atoms with van der Waals surface area (Å²) in [6, 6.07) is 3.44. The third-order valence-electron chi connectivity index (χ3n) is 3.78. The first kappa shape index (κ1) is 16.0. The van der Waals surface area contributed by atoms with Gasteiger partial charge in [-0.25, -0.2) is 4.68 Å². The minimum atomic E-state index is -0.399. The highest BCUT2D eigenvalue weighted by atomic mass is 16.5. The van der Waals surface area contributed by atoms with Crippen molar-refractivity contribution in [3.05, 3.63) is 33.9 Å². The summed E-state index contributed by atoms with van der Waals surface area (Å²) in [4.78, 5) is 26.7. The second-order valence-corrected chi connectivity index (χ2v) is 5.61. The molecule has 0 atom stereocenters. The summed E-state index contributed by atoms with van der Waals surface area (Å²) in [6.45, 7) is 5.73. The number of hydrogen-bond acceptors (Lipinski definition) is 5. The fourth-order valence-electron chi connectivity index (χ4n) is 2.90. The summed E-state index contributed by atoms with van der Waals surface area (Å²) in [5.41, 5.74) is 3.38. The minimum Gasteiger partial charge on any atom is -0.465 e. The zero-order chi connectivity index (χ0) is 17.4. The van der Waals surface area contributed by atoms with Crippen LogP contribution in [0.15, 0.2) is 16.9 Å². The molecule has 3 heterocycles. The van der Waals surface area contributed by atoms with Gasteiger partial charge in [-0.15, -0.1) is 0 Å². The van der Waals surface area contributed by atoms with Crippen molar-refractivity contribution in [3.8, 4) is 11.3 Å². The van der Waals surface area contributed by atoms with Gasteiger partial charge in [-0.05, 0) is 26.8 Å². The molecule has 0 amide bonds. The molecular weight excluding hydrogens is 310 g/mol. The molecule has 8 heteroatoms. The molecule has 0 aliphatic carbocycles. The lowest BCUT2D eigenvalue weighted by Gasteiger charge is -2.06. The standard InChI is InChI=1S/C16H19N5O3/c1-5-24-14(23)8-21-16-15(10(3)19-21)11(7-13(22)17-16)12-6-9(2)18-20(12)4/h6-7H,5,8H2,1-4H3,(H,17,22). The van der Waals surface area contributed by atoms with E-state index in [1.807, 2.05) is 27.0 Å². The van der Waals surface area contributed by atoms with Crippen LogP contribution >= 0.6 is 0 Å². The number of hydrogen-bond donors (Lipinski definition) is 1. The molecule has 126 valence electrons. The van der Waals surface area contributed by atoms with E-state index in [-0.39, 0.29) is 12.1 Å². The lowest BCUT2D eigenvalue weighted by atomic mass is 10.1. The molecule has 8 nitrogen and oxygen atoms in total. The lowest BCUT2D eigenvalue weighted by Crippen LogP contribution is -2.16. The molecule has 24 heavy (non-hydrogen) atoms. The van der Waals surface area contributed by atoms with Crippen molar-refractivity contribution in [2.45, 2.75) is 27.3 Å². The smallest absolute Gasteiger partial charge is 0.327 e. The Bertz CT molecular complexity index is 980. The van der Waals surface area contributed by atoms with Crippen LogP contribution in [0, 0.1) is 13.8 Å². The fourth-order valence-corrected chi connectivity index (χ4v) is 2.90. The van der Waals surface area contributed by atoms with E-state index in [1.54, 1.807) is 11.6 Å². The van der Waals surface area contributed by atoms with Crippen LogP contribution in [0.5, 0.6) is 0 Å². The molecule has 0 spiro atoms. The Morgan fingerprint density at radius 3 is 2.67 bits per heavy atom.